The molecule has 1 heterocycles. The van der Waals surface area contributed by atoms with Crippen molar-refractivity contribution in [2.24, 2.45) is 11.3 Å². The van der Waals surface area contributed by atoms with Crippen LogP contribution in [0.2, 0.25) is 0 Å². The van der Waals surface area contributed by atoms with Gasteiger partial charge < -0.3 is 0 Å². The maximum atomic E-state index is 5.28. The molecule has 0 saturated heterocycles. The minimum absolute atomic E-state index is 0.394. The third kappa shape index (κ3) is 1.46. The largest absolute Gasteiger partial charge is 0.292 e. The van der Waals surface area contributed by atoms with Crippen molar-refractivity contribution >= 4 is 5.95 Å². The predicted molar refractivity (Wildman–Crippen MR) is 55.7 cm³/mol. The van der Waals surface area contributed by atoms with Gasteiger partial charge in [-0.05, 0) is 24.3 Å². The lowest BCUT2D eigenvalue weighted by Gasteiger charge is -2.07. The Morgan fingerprint density at radius 3 is 2.71 bits per heavy atom. The third-order valence-electron chi connectivity index (χ3n) is 2.98. The monoisotopic (exact) mass is 192 g/mol. The molecule has 4 nitrogen and oxygen atoms in total. The normalized spacial score (nSPS) is 23.3. The fraction of sp³-hybridized carbons (Fsp3) is 0.600. The van der Waals surface area contributed by atoms with Crippen LogP contribution in [0.25, 0.3) is 0 Å². The van der Waals surface area contributed by atoms with Crippen molar-refractivity contribution in [2.75, 3.05) is 5.43 Å². The lowest BCUT2D eigenvalue weighted by atomic mass is 10.1. The van der Waals surface area contributed by atoms with E-state index in [2.05, 4.69) is 29.2 Å². The van der Waals surface area contributed by atoms with Crippen LogP contribution in [0.15, 0.2) is 6.20 Å². The first kappa shape index (κ1) is 9.40. The van der Waals surface area contributed by atoms with E-state index in [9.17, 15) is 0 Å². The molecule has 1 unspecified atom stereocenters. The molecule has 1 saturated carbocycles. The minimum atomic E-state index is 0.394. The van der Waals surface area contributed by atoms with E-state index in [1.165, 1.54) is 6.42 Å². The minimum Gasteiger partial charge on any atom is -0.292 e. The average Bonchev–Trinajstić information content (AvgIpc) is 2.76. The van der Waals surface area contributed by atoms with E-state index in [4.69, 9.17) is 5.84 Å². The van der Waals surface area contributed by atoms with Crippen LogP contribution in [0.5, 0.6) is 0 Å². The van der Waals surface area contributed by atoms with E-state index in [0.717, 1.165) is 11.3 Å². The van der Waals surface area contributed by atoms with Crippen LogP contribution in [0, 0.1) is 12.3 Å². The highest BCUT2D eigenvalue weighted by atomic mass is 15.3. The number of rotatable bonds is 2. The highest BCUT2D eigenvalue weighted by Crippen LogP contribution is 2.58. The number of nitrogens with zero attached hydrogens (tertiary/aromatic N) is 2. The maximum absolute atomic E-state index is 5.28. The second kappa shape index (κ2) is 2.92. The van der Waals surface area contributed by atoms with Gasteiger partial charge in [-0.1, -0.05) is 13.8 Å². The molecule has 1 aromatic heterocycles. The van der Waals surface area contributed by atoms with E-state index in [1.54, 1.807) is 0 Å². The highest BCUT2D eigenvalue weighted by molar-refractivity contribution is 5.34. The summed E-state index contributed by atoms with van der Waals surface area (Å²) in [5.41, 5.74) is 5.17. The van der Waals surface area contributed by atoms with Crippen molar-refractivity contribution < 1.29 is 0 Å². The summed E-state index contributed by atoms with van der Waals surface area (Å²) >= 11 is 0. The lowest BCUT2D eigenvalue weighted by Crippen LogP contribution is -2.12. The van der Waals surface area contributed by atoms with Crippen LogP contribution in [0.3, 0.4) is 0 Å². The van der Waals surface area contributed by atoms with E-state index >= 15 is 0 Å². The van der Waals surface area contributed by atoms with E-state index in [1.807, 2.05) is 13.1 Å². The Hall–Kier alpha value is -1.16. The first-order valence-electron chi connectivity index (χ1n) is 4.85. The number of hydrogen-bond acceptors (Lipinski definition) is 4. The molecule has 0 bridgehead atoms. The molecule has 14 heavy (non-hydrogen) atoms. The Kier molecular flexibility index (Phi) is 1.96. The predicted octanol–water partition coefficient (Wildman–Crippen LogP) is 1.58. The topological polar surface area (TPSA) is 63.8 Å². The van der Waals surface area contributed by atoms with Gasteiger partial charge in [-0.3, -0.25) is 5.43 Å². The molecule has 1 aliphatic carbocycles. The van der Waals surface area contributed by atoms with Crippen LogP contribution in [0.4, 0.5) is 5.95 Å². The van der Waals surface area contributed by atoms with E-state index in [0.29, 0.717) is 17.3 Å². The summed E-state index contributed by atoms with van der Waals surface area (Å²) in [6, 6.07) is 0. The summed E-state index contributed by atoms with van der Waals surface area (Å²) in [4.78, 5) is 8.47. The molecule has 0 aliphatic heterocycles. The zero-order valence-corrected chi connectivity index (χ0v) is 8.83. The number of hydrazine groups is 1. The fourth-order valence-electron chi connectivity index (χ4n) is 1.81. The zero-order chi connectivity index (χ0) is 10.3. The van der Waals surface area contributed by atoms with Crippen molar-refractivity contribution in [1.29, 1.82) is 0 Å². The van der Waals surface area contributed by atoms with Crippen LogP contribution in [-0.4, -0.2) is 9.97 Å². The third-order valence-corrected chi connectivity index (χ3v) is 2.98. The molecule has 4 heteroatoms. The molecule has 0 radical (unpaired) electrons. The summed E-state index contributed by atoms with van der Waals surface area (Å²) in [5, 5.41) is 0. The van der Waals surface area contributed by atoms with Gasteiger partial charge in [-0.15, -0.1) is 0 Å². The van der Waals surface area contributed by atoms with Gasteiger partial charge in [-0.2, -0.15) is 0 Å². The Morgan fingerprint density at radius 2 is 2.21 bits per heavy atom. The average molecular weight is 192 g/mol. The van der Waals surface area contributed by atoms with Crippen LogP contribution < -0.4 is 11.3 Å². The first-order valence-corrected chi connectivity index (χ1v) is 4.85. The molecule has 2 rings (SSSR count). The molecule has 0 amide bonds. The van der Waals surface area contributed by atoms with Gasteiger partial charge >= 0.3 is 0 Å². The molecule has 3 N–H and O–H groups in total. The van der Waals surface area contributed by atoms with Gasteiger partial charge in [0.05, 0.1) is 5.69 Å². The number of anilines is 1. The standard InChI is InChI=1S/C10H16N4/c1-6-5-12-9(14-11)13-8(6)7-4-10(7,2)3/h5,7H,4,11H2,1-3H3,(H,12,13,14). The number of aryl methyl sites for hydroxylation is 1. The Bertz CT molecular complexity index is 359. The summed E-state index contributed by atoms with van der Waals surface area (Å²) in [5.74, 6) is 6.36. The Morgan fingerprint density at radius 1 is 1.57 bits per heavy atom. The Labute approximate surface area is 83.9 Å². The number of nitrogens with two attached hydrogens (primary N) is 1. The first-order chi connectivity index (χ1) is 6.54. The molecule has 1 aromatic rings. The summed E-state index contributed by atoms with van der Waals surface area (Å²) in [7, 11) is 0. The second-order valence-electron chi connectivity index (χ2n) is 4.65. The van der Waals surface area contributed by atoms with Crippen LogP contribution >= 0.6 is 0 Å². The van der Waals surface area contributed by atoms with Crippen LogP contribution in [-0.2, 0) is 0 Å². The van der Waals surface area contributed by atoms with Gasteiger partial charge in [0.25, 0.3) is 0 Å². The summed E-state index contributed by atoms with van der Waals surface area (Å²) in [6.45, 7) is 6.56. The van der Waals surface area contributed by atoms with Gasteiger partial charge in [0, 0.05) is 12.1 Å². The molecule has 1 aliphatic rings. The second-order valence-corrected chi connectivity index (χ2v) is 4.65. The molecule has 1 fully saturated rings. The van der Waals surface area contributed by atoms with Gasteiger partial charge in [0.1, 0.15) is 0 Å². The fourth-order valence-corrected chi connectivity index (χ4v) is 1.81. The van der Waals surface area contributed by atoms with Crippen molar-refractivity contribution in [2.45, 2.75) is 33.1 Å². The highest BCUT2D eigenvalue weighted by Gasteiger charge is 2.48. The molecule has 0 aromatic carbocycles. The van der Waals surface area contributed by atoms with Crippen molar-refractivity contribution in [1.82, 2.24) is 9.97 Å². The smallest absolute Gasteiger partial charge is 0.237 e. The van der Waals surface area contributed by atoms with Gasteiger partial charge in [-0.25, -0.2) is 15.8 Å². The van der Waals surface area contributed by atoms with E-state index in [-0.39, 0.29) is 0 Å². The van der Waals surface area contributed by atoms with Crippen molar-refractivity contribution in [3.05, 3.63) is 17.5 Å². The van der Waals surface area contributed by atoms with Gasteiger partial charge in [0.15, 0.2) is 0 Å². The molecule has 1 atom stereocenters. The van der Waals surface area contributed by atoms with E-state index < -0.39 is 0 Å². The Balaban J connectivity index is 2.33. The van der Waals surface area contributed by atoms with Gasteiger partial charge in [0.2, 0.25) is 5.95 Å². The number of aromatic nitrogens is 2. The van der Waals surface area contributed by atoms with Crippen LogP contribution in [0.1, 0.15) is 37.4 Å². The zero-order valence-electron chi connectivity index (χ0n) is 8.83. The van der Waals surface area contributed by atoms with Crippen molar-refractivity contribution in [3.63, 3.8) is 0 Å². The number of hydrogen-bond donors (Lipinski definition) is 2. The molecular formula is C10H16N4. The lowest BCUT2D eigenvalue weighted by molar-refractivity contribution is 0.614. The maximum Gasteiger partial charge on any atom is 0.237 e. The summed E-state index contributed by atoms with van der Waals surface area (Å²) in [6.07, 6.45) is 3.03. The molecule has 0 spiro atoms. The number of nitrogens with one attached hydrogen (secondary N) is 1. The van der Waals surface area contributed by atoms with Crippen molar-refractivity contribution in [3.8, 4) is 0 Å². The molecular weight excluding hydrogens is 176 g/mol. The number of nitrogen functional groups attached to an aromatic ring is 1. The summed E-state index contributed by atoms with van der Waals surface area (Å²) < 4.78 is 0. The molecule has 76 valence electrons. The SMILES string of the molecule is Cc1cnc(NN)nc1C1CC1(C)C. The quantitative estimate of drug-likeness (QED) is 0.551.